The number of piperidine rings is 1. The van der Waals surface area contributed by atoms with Crippen LogP contribution >= 0.6 is 0 Å². The van der Waals surface area contributed by atoms with Crippen molar-refractivity contribution in [3.05, 3.63) is 0 Å². The third-order valence-corrected chi connectivity index (χ3v) is 4.55. The summed E-state index contributed by atoms with van der Waals surface area (Å²) in [5.74, 6) is 0. The number of alkyl carbamates (subject to hydrolysis) is 1. The van der Waals surface area contributed by atoms with Crippen LogP contribution in [0.15, 0.2) is 0 Å². The molecule has 2 rings (SSSR count). The summed E-state index contributed by atoms with van der Waals surface area (Å²) in [7, 11) is 2.16. The first-order chi connectivity index (χ1) is 10.8. The molecule has 6 heteroatoms. The van der Waals surface area contributed by atoms with E-state index in [1.54, 1.807) is 0 Å². The number of nitrogens with one attached hydrogen (secondary N) is 2. The first kappa shape index (κ1) is 18.5. The average Bonchev–Trinajstić information content (AvgIpc) is 2.43. The monoisotopic (exact) mass is 327 g/mol. The summed E-state index contributed by atoms with van der Waals surface area (Å²) in [4.78, 5) is 14.4. The standard InChI is InChI=1S/C17H33N3O3/c1-6-22-14-11-13(19-16(21)23-17(2,3)4)15(14)18-12-7-9-20(5)10-8-12/h12-15,18H,6-11H2,1-5H3,(H,19,21). The van der Waals surface area contributed by atoms with E-state index in [1.165, 1.54) is 0 Å². The molecule has 0 aromatic heterocycles. The molecular weight excluding hydrogens is 294 g/mol. The van der Waals surface area contributed by atoms with Gasteiger partial charge in [-0.25, -0.2) is 4.79 Å². The minimum Gasteiger partial charge on any atom is -0.444 e. The molecule has 0 radical (unpaired) electrons. The largest absolute Gasteiger partial charge is 0.444 e. The van der Waals surface area contributed by atoms with E-state index >= 15 is 0 Å². The first-order valence-electron chi connectivity index (χ1n) is 8.84. The number of hydrogen-bond acceptors (Lipinski definition) is 5. The van der Waals surface area contributed by atoms with E-state index in [0.29, 0.717) is 12.6 Å². The summed E-state index contributed by atoms with van der Waals surface area (Å²) in [6.07, 6.45) is 2.97. The molecule has 3 unspecified atom stereocenters. The smallest absolute Gasteiger partial charge is 0.407 e. The van der Waals surface area contributed by atoms with E-state index in [-0.39, 0.29) is 24.3 Å². The molecule has 1 amide bonds. The minimum absolute atomic E-state index is 0.0843. The van der Waals surface area contributed by atoms with Crippen LogP contribution in [0.5, 0.6) is 0 Å². The van der Waals surface area contributed by atoms with Crippen LogP contribution in [-0.2, 0) is 9.47 Å². The molecule has 23 heavy (non-hydrogen) atoms. The molecule has 1 heterocycles. The van der Waals surface area contributed by atoms with E-state index in [0.717, 1.165) is 32.4 Å². The minimum atomic E-state index is -0.468. The molecular formula is C17H33N3O3. The Morgan fingerprint density at radius 1 is 1.26 bits per heavy atom. The van der Waals surface area contributed by atoms with Crippen molar-refractivity contribution in [3.8, 4) is 0 Å². The zero-order valence-corrected chi connectivity index (χ0v) is 15.2. The molecule has 1 aliphatic carbocycles. The van der Waals surface area contributed by atoms with Crippen molar-refractivity contribution in [2.24, 2.45) is 0 Å². The molecule has 3 atom stereocenters. The van der Waals surface area contributed by atoms with Gasteiger partial charge in [-0.1, -0.05) is 0 Å². The lowest BCUT2D eigenvalue weighted by Crippen LogP contribution is -2.68. The van der Waals surface area contributed by atoms with Crippen LogP contribution in [0, 0.1) is 0 Å². The summed E-state index contributed by atoms with van der Waals surface area (Å²) in [5.41, 5.74) is -0.468. The quantitative estimate of drug-likeness (QED) is 0.805. The molecule has 2 N–H and O–H groups in total. The number of nitrogens with zero attached hydrogens (tertiary/aromatic N) is 1. The van der Waals surface area contributed by atoms with Gasteiger partial charge in [0, 0.05) is 12.6 Å². The van der Waals surface area contributed by atoms with Crippen LogP contribution in [0.25, 0.3) is 0 Å². The number of likely N-dealkylation sites (tertiary alicyclic amines) is 1. The zero-order chi connectivity index (χ0) is 17.0. The highest BCUT2D eigenvalue weighted by Gasteiger charge is 2.44. The first-order valence-corrected chi connectivity index (χ1v) is 8.84. The number of amides is 1. The molecule has 0 aromatic carbocycles. The Morgan fingerprint density at radius 2 is 1.91 bits per heavy atom. The summed E-state index contributed by atoms with van der Waals surface area (Å²) < 4.78 is 11.2. The van der Waals surface area contributed by atoms with Crippen molar-refractivity contribution in [2.45, 2.75) is 76.8 Å². The maximum absolute atomic E-state index is 12.0. The van der Waals surface area contributed by atoms with Crippen LogP contribution in [0.3, 0.4) is 0 Å². The topological polar surface area (TPSA) is 62.8 Å². The van der Waals surface area contributed by atoms with Gasteiger partial charge in [0.2, 0.25) is 0 Å². The van der Waals surface area contributed by atoms with Gasteiger partial charge in [-0.2, -0.15) is 0 Å². The number of rotatable bonds is 5. The third-order valence-electron chi connectivity index (χ3n) is 4.55. The van der Waals surface area contributed by atoms with Gasteiger partial charge >= 0.3 is 6.09 Å². The summed E-state index contributed by atoms with van der Waals surface area (Å²) >= 11 is 0. The molecule has 2 fully saturated rings. The van der Waals surface area contributed by atoms with Gasteiger partial charge in [0.15, 0.2) is 0 Å². The van der Waals surface area contributed by atoms with Crippen LogP contribution in [0.2, 0.25) is 0 Å². The van der Waals surface area contributed by atoms with Crippen LogP contribution < -0.4 is 10.6 Å². The molecule has 1 saturated carbocycles. The second-order valence-corrected chi connectivity index (χ2v) is 7.75. The maximum Gasteiger partial charge on any atom is 0.407 e. The SMILES string of the molecule is CCOC1CC(NC(=O)OC(C)(C)C)C1NC1CCN(C)CC1. The molecule has 1 aliphatic heterocycles. The second-order valence-electron chi connectivity index (χ2n) is 7.75. The van der Waals surface area contributed by atoms with Crippen molar-refractivity contribution in [1.82, 2.24) is 15.5 Å². The summed E-state index contributed by atoms with van der Waals surface area (Å²) in [6.45, 7) is 10.6. The van der Waals surface area contributed by atoms with Gasteiger partial charge in [-0.15, -0.1) is 0 Å². The predicted octanol–water partition coefficient (Wildman–Crippen LogP) is 1.74. The highest BCUT2D eigenvalue weighted by molar-refractivity contribution is 5.68. The summed E-state index contributed by atoms with van der Waals surface area (Å²) in [6, 6.07) is 0.763. The normalized spacial score (nSPS) is 29.9. The molecule has 0 bridgehead atoms. The number of ether oxygens (including phenoxy) is 2. The highest BCUT2D eigenvalue weighted by atomic mass is 16.6. The Labute approximate surface area is 140 Å². The van der Waals surface area contributed by atoms with E-state index in [9.17, 15) is 4.79 Å². The molecule has 134 valence electrons. The van der Waals surface area contributed by atoms with Crippen LogP contribution in [0.1, 0.15) is 47.0 Å². The van der Waals surface area contributed by atoms with Gasteiger partial charge in [-0.3, -0.25) is 0 Å². The zero-order valence-electron chi connectivity index (χ0n) is 15.2. The fraction of sp³-hybridized carbons (Fsp3) is 0.941. The predicted molar refractivity (Wildman–Crippen MR) is 90.6 cm³/mol. The van der Waals surface area contributed by atoms with Crippen LogP contribution in [-0.4, -0.2) is 67.6 Å². The summed E-state index contributed by atoms with van der Waals surface area (Å²) in [5, 5.41) is 6.70. The number of carbonyl (C=O) groups is 1. The van der Waals surface area contributed by atoms with Crippen LogP contribution in [0.4, 0.5) is 4.79 Å². The highest BCUT2D eigenvalue weighted by Crippen LogP contribution is 2.26. The van der Waals surface area contributed by atoms with Gasteiger partial charge < -0.3 is 25.0 Å². The number of carbonyl (C=O) groups excluding carboxylic acids is 1. The van der Waals surface area contributed by atoms with Crippen molar-refractivity contribution in [1.29, 1.82) is 0 Å². The van der Waals surface area contributed by atoms with Crippen molar-refractivity contribution in [3.63, 3.8) is 0 Å². The van der Waals surface area contributed by atoms with Crippen molar-refractivity contribution >= 4 is 6.09 Å². The average molecular weight is 327 g/mol. The lowest BCUT2D eigenvalue weighted by atomic mass is 9.81. The third kappa shape index (κ3) is 5.62. The van der Waals surface area contributed by atoms with E-state index in [2.05, 4.69) is 22.6 Å². The van der Waals surface area contributed by atoms with E-state index in [1.807, 2.05) is 27.7 Å². The molecule has 0 spiro atoms. The Kier molecular flexibility index (Phi) is 6.28. The Balaban J connectivity index is 1.85. The molecule has 6 nitrogen and oxygen atoms in total. The Bertz CT molecular complexity index is 389. The molecule has 0 aromatic rings. The van der Waals surface area contributed by atoms with Gasteiger partial charge in [0.1, 0.15) is 5.60 Å². The van der Waals surface area contributed by atoms with Crippen molar-refractivity contribution in [2.75, 3.05) is 26.7 Å². The Morgan fingerprint density at radius 3 is 2.48 bits per heavy atom. The van der Waals surface area contributed by atoms with E-state index < -0.39 is 5.60 Å². The van der Waals surface area contributed by atoms with E-state index in [4.69, 9.17) is 9.47 Å². The number of hydrogen-bond donors (Lipinski definition) is 2. The van der Waals surface area contributed by atoms with Crippen molar-refractivity contribution < 1.29 is 14.3 Å². The van der Waals surface area contributed by atoms with Gasteiger partial charge in [-0.05, 0) is 67.1 Å². The lowest BCUT2D eigenvalue weighted by molar-refractivity contribution is -0.0484. The van der Waals surface area contributed by atoms with Gasteiger partial charge in [0.05, 0.1) is 18.2 Å². The fourth-order valence-electron chi connectivity index (χ4n) is 3.27. The lowest BCUT2D eigenvalue weighted by Gasteiger charge is -2.47. The fourth-order valence-corrected chi connectivity index (χ4v) is 3.27. The molecule has 1 saturated heterocycles. The second kappa shape index (κ2) is 7.81. The maximum atomic E-state index is 12.0. The van der Waals surface area contributed by atoms with Gasteiger partial charge in [0.25, 0.3) is 0 Å². The molecule has 2 aliphatic rings. The Hall–Kier alpha value is -0.850.